The Kier molecular flexibility index (Phi) is 5.00. The van der Waals surface area contributed by atoms with E-state index in [1.165, 1.54) is 11.1 Å². The van der Waals surface area contributed by atoms with Gasteiger partial charge in [0.1, 0.15) is 0 Å². The van der Waals surface area contributed by atoms with E-state index < -0.39 is 0 Å². The molecule has 0 aromatic heterocycles. The average Bonchev–Trinajstić information content (AvgIpc) is 3.14. The number of para-hydroxylation sites is 1. The summed E-state index contributed by atoms with van der Waals surface area (Å²) < 4.78 is 11.1. The lowest BCUT2D eigenvalue weighted by Gasteiger charge is -2.34. The van der Waals surface area contributed by atoms with Crippen LogP contribution in [0, 0.1) is 0 Å². The van der Waals surface area contributed by atoms with E-state index in [9.17, 15) is 0 Å². The second-order valence-corrected chi connectivity index (χ2v) is 6.54. The molecule has 4 rings (SSSR count). The molecule has 130 valence electrons. The van der Waals surface area contributed by atoms with Crippen molar-refractivity contribution in [2.45, 2.75) is 6.54 Å². The molecule has 2 aromatic carbocycles. The van der Waals surface area contributed by atoms with Crippen molar-refractivity contribution < 1.29 is 9.47 Å². The molecule has 25 heavy (non-hydrogen) atoms. The first-order valence-corrected chi connectivity index (χ1v) is 8.92. The molecule has 0 spiro atoms. The van der Waals surface area contributed by atoms with Crippen molar-refractivity contribution in [2.24, 2.45) is 0 Å². The van der Waals surface area contributed by atoms with Crippen molar-refractivity contribution in [3.8, 4) is 11.5 Å². The number of ether oxygens (including phenoxy) is 2. The van der Waals surface area contributed by atoms with E-state index in [1.807, 2.05) is 12.1 Å². The Balaban J connectivity index is 1.26. The van der Waals surface area contributed by atoms with Crippen molar-refractivity contribution in [1.82, 2.24) is 9.80 Å². The molecular weight excluding hydrogens is 312 g/mol. The highest BCUT2D eigenvalue weighted by Crippen LogP contribution is 2.35. The van der Waals surface area contributed by atoms with Crippen molar-refractivity contribution >= 4 is 6.08 Å². The van der Waals surface area contributed by atoms with Crippen LogP contribution in [0.15, 0.2) is 54.6 Å². The van der Waals surface area contributed by atoms with Gasteiger partial charge in [-0.3, -0.25) is 9.80 Å². The molecule has 0 N–H and O–H groups in total. The molecule has 2 aliphatic heterocycles. The molecule has 1 fully saturated rings. The van der Waals surface area contributed by atoms with Crippen LogP contribution in [0.5, 0.6) is 11.5 Å². The Morgan fingerprint density at radius 3 is 2.48 bits per heavy atom. The van der Waals surface area contributed by atoms with E-state index in [0.29, 0.717) is 6.79 Å². The first-order chi connectivity index (χ1) is 12.4. The monoisotopic (exact) mass is 336 g/mol. The molecule has 4 nitrogen and oxygen atoms in total. The van der Waals surface area contributed by atoms with E-state index in [1.54, 1.807) is 0 Å². The maximum Gasteiger partial charge on any atom is 0.231 e. The fraction of sp³-hybridized carbons (Fsp3) is 0.333. The zero-order valence-electron chi connectivity index (χ0n) is 14.4. The Hall–Kier alpha value is -2.30. The van der Waals surface area contributed by atoms with Gasteiger partial charge < -0.3 is 9.47 Å². The van der Waals surface area contributed by atoms with Crippen molar-refractivity contribution in [1.29, 1.82) is 0 Å². The highest BCUT2D eigenvalue weighted by molar-refractivity contribution is 5.49. The summed E-state index contributed by atoms with van der Waals surface area (Å²) in [7, 11) is 0. The van der Waals surface area contributed by atoms with Crippen LogP contribution >= 0.6 is 0 Å². The second kappa shape index (κ2) is 7.72. The molecule has 2 heterocycles. The van der Waals surface area contributed by atoms with E-state index in [0.717, 1.165) is 50.8 Å². The van der Waals surface area contributed by atoms with Crippen LogP contribution in [0.4, 0.5) is 0 Å². The number of hydrogen-bond acceptors (Lipinski definition) is 4. The first kappa shape index (κ1) is 16.2. The van der Waals surface area contributed by atoms with Gasteiger partial charge >= 0.3 is 0 Å². The zero-order chi connectivity index (χ0) is 16.9. The minimum Gasteiger partial charge on any atom is -0.454 e. The zero-order valence-corrected chi connectivity index (χ0v) is 14.4. The standard InChI is InChI=1S/C21H24N2O2/c1-2-6-18(7-3-1)8-5-11-22-12-14-23(15-13-22)16-19-9-4-10-20-21(19)25-17-24-20/h1-10H,11-17H2/b8-5-. The fourth-order valence-electron chi connectivity index (χ4n) is 3.39. The van der Waals surface area contributed by atoms with E-state index in [-0.39, 0.29) is 0 Å². The largest absolute Gasteiger partial charge is 0.454 e. The first-order valence-electron chi connectivity index (χ1n) is 8.92. The number of rotatable bonds is 5. The summed E-state index contributed by atoms with van der Waals surface area (Å²) >= 11 is 0. The van der Waals surface area contributed by atoms with Crippen LogP contribution in [0.3, 0.4) is 0 Å². The van der Waals surface area contributed by atoms with Gasteiger partial charge in [0.15, 0.2) is 11.5 Å². The molecule has 0 unspecified atom stereocenters. The molecule has 1 saturated heterocycles. The predicted octanol–water partition coefficient (Wildman–Crippen LogP) is 3.25. The lowest BCUT2D eigenvalue weighted by atomic mass is 10.1. The second-order valence-electron chi connectivity index (χ2n) is 6.54. The van der Waals surface area contributed by atoms with Crippen LogP contribution in [0.25, 0.3) is 6.08 Å². The summed E-state index contributed by atoms with van der Waals surface area (Å²) in [5.41, 5.74) is 2.49. The third-order valence-electron chi connectivity index (χ3n) is 4.81. The van der Waals surface area contributed by atoms with E-state index in [4.69, 9.17) is 9.47 Å². The third kappa shape index (κ3) is 4.03. The van der Waals surface area contributed by atoms with E-state index in [2.05, 4.69) is 58.4 Å². The normalized spacial score (nSPS) is 18.1. The van der Waals surface area contributed by atoms with Gasteiger partial charge in [-0.25, -0.2) is 0 Å². The summed E-state index contributed by atoms with van der Waals surface area (Å²) in [4.78, 5) is 5.00. The molecule has 0 bridgehead atoms. The molecule has 0 atom stereocenters. The third-order valence-corrected chi connectivity index (χ3v) is 4.81. The Labute approximate surface area is 149 Å². The van der Waals surface area contributed by atoms with Crippen LogP contribution in [0.1, 0.15) is 11.1 Å². The highest BCUT2D eigenvalue weighted by Gasteiger charge is 2.21. The summed E-state index contributed by atoms with van der Waals surface area (Å²) in [6.45, 7) is 6.67. The number of benzene rings is 2. The van der Waals surface area contributed by atoms with Gasteiger partial charge in [0.25, 0.3) is 0 Å². The van der Waals surface area contributed by atoms with Crippen LogP contribution in [0.2, 0.25) is 0 Å². The summed E-state index contributed by atoms with van der Waals surface area (Å²) in [6, 6.07) is 16.6. The van der Waals surface area contributed by atoms with Gasteiger partial charge in [-0.05, 0) is 11.6 Å². The van der Waals surface area contributed by atoms with Gasteiger partial charge in [-0.2, -0.15) is 0 Å². The predicted molar refractivity (Wildman–Crippen MR) is 99.8 cm³/mol. The molecule has 0 amide bonds. The fourth-order valence-corrected chi connectivity index (χ4v) is 3.39. The number of nitrogens with zero attached hydrogens (tertiary/aromatic N) is 2. The lowest BCUT2D eigenvalue weighted by molar-refractivity contribution is 0.134. The molecule has 4 heteroatoms. The maximum absolute atomic E-state index is 5.62. The summed E-state index contributed by atoms with van der Waals surface area (Å²) in [5, 5.41) is 0. The number of hydrogen-bond donors (Lipinski definition) is 0. The minimum atomic E-state index is 0.341. The molecule has 0 saturated carbocycles. The van der Waals surface area contributed by atoms with Gasteiger partial charge in [0.2, 0.25) is 6.79 Å². The van der Waals surface area contributed by atoms with Gasteiger partial charge in [-0.15, -0.1) is 0 Å². The molecule has 2 aromatic rings. The van der Waals surface area contributed by atoms with Gasteiger partial charge in [0.05, 0.1) is 0 Å². The summed E-state index contributed by atoms with van der Waals surface area (Å²) in [5.74, 6) is 1.80. The van der Waals surface area contributed by atoms with Crippen LogP contribution in [-0.4, -0.2) is 49.3 Å². The van der Waals surface area contributed by atoms with Gasteiger partial charge in [0, 0.05) is 44.8 Å². The Bertz CT molecular complexity index is 722. The SMILES string of the molecule is C(=C/c1ccccc1)/CN1CCN(Cc2cccc3c2OCO3)CC1. The molecule has 0 aliphatic carbocycles. The summed E-state index contributed by atoms with van der Waals surface area (Å²) in [6.07, 6.45) is 4.47. The van der Waals surface area contributed by atoms with Crippen molar-refractivity contribution in [2.75, 3.05) is 39.5 Å². The maximum atomic E-state index is 5.62. The molecule has 2 aliphatic rings. The molecule has 0 radical (unpaired) electrons. The quantitative estimate of drug-likeness (QED) is 0.837. The van der Waals surface area contributed by atoms with Crippen molar-refractivity contribution in [3.63, 3.8) is 0 Å². The number of fused-ring (bicyclic) bond motifs is 1. The van der Waals surface area contributed by atoms with Gasteiger partial charge in [-0.1, -0.05) is 54.6 Å². The minimum absolute atomic E-state index is 0.341. The highest BCUT2D eigenvalue weighted by atomic mass is 16.7. The Morgan fingerprint density at radius 2 is 1.64 bits per heavy atom. The number of piperazine rings is 1. The average molecular weight is 336 g/mol. The topological polar surface area (TPSA) is 24.9 Å². The van der Waals surface area contributed by atoms with E-state index >= 15 is 0 Å². The van der Waals surface area contributed by atoms with Crippen LogP contribution < -0.4 is 9.47 Å². The smallest absolute Gasteiger partial charge is 0.231 e. The lowest BCUT2D eigenvalue weighted by Crippen LogP contribution is -2.45. The van der Waals surface area contributed by atoms with Crippen molar-refractivity contribution in [3.05, 3.63) is 65.7 Å². The van der Waals surface area contributed by atoms with Crippen LogP contribution in [-0.2, 0) is 6.54 Å². The Morgan fingerprint density at radius 1 is 0.840 bits per heavy atom. The molecular formula is C21H24N2O2.